The molecule has 208 valence electrons. The van der Waals surface area contributed by atoms with Crippen molar-refractivity contribution in [2.45, 2.75) is 95.3 Å². The molecule has 1 aromatic rings. The van der Waals surface area contributed by atoms with Crippen LogP contribution in [0.25, 0.3) is 0 Å². The van der Waals surface area contributed by atoms with Crippen molar-refractivity contribution in [1.29, 1.82) is 0 Å². The molecule has 10 nitrogen and oxygen atoms in total. The molecule has 0 radical (unpaired) electrons. The van der Waals surface area contributed by atoms with Crippen molar-refractivity contribution in [2.75, 3.05) is 6.61 Å². The summed E-state index contributed by atoms with van der Waals surface area (Å²) >= 11 is 0. The second-order valence-corrected chi connectivity index (χ2v) is 13.3. The number of furan rings is 1. The Bertz CT molecular complexity index is 1200. The quantitative estimate of drug-likeness (QED) is 0.318. The molecule has 4 saturated carbocycles. The van der Waals surface area contributed by atoms with E-state index in [1.165, 1.54) is 6.92 Å². The van der Waals surface area contributed by atoms with Crippen molar-refractivity contribution in [2.24, 2.45) is 33.5 Å². The summed E-state index contributed by atoms with van der Waals surface area (Å²) in [5, 5.41) is 46.8. The van der Waals surface area contributed by atoms with Crippen LogP contribution in [0.3, 0.4) is 0 Å². The Morgan fingerprint density at radius 2 is 1.79 bits per heavy atom. The number of carbonyl (C=O) groups is 2. The second kappa shape index (κ2) is 7.27. The van der Waals surface area contributed by atoms with Crippen LogP contribution in [0.2, 0.25) is 0 Å². The minimum atomic E-state index is -1.43. The van der Waals surface area contributed by atoms with Crippen molar-refractivity contribution >= 4 is 11.8 Å². The highest BCUT2D eigenvalue weighted by Crippen LogP contribution is 2.82. The highest BCUT2D eigenvalue weighted by Gasteiger charge is 2.92. The van der Waals surface area contributed by atoms with Gasteiger partial charge in [-0.2, -0.15) is 0 Å². The lowest BCUT2D eigenvalue weighted by atomic mass is 9.33. The second-order valence-electron chi connectivity index (χ2n) is 13.3. The van der Waals surface area contributed by atoms with Crippen molar-refractivity contribution < 1.29 is 48.6 Å². The molecule has 1 aromatic heterocycles. The fraction of sp³-hybridized carbons (Fsp3) is 0.786. The average Bonchev–Trinajstić information content (AvgIpc) is 3.22. The van der Waals surface area contributed by atoms with E-state index in [2.05, 4.69) is 0 Å². The van der Waals surface area contributed by atoms with E-state index >= 15 is 0 Å². The first-order valence-electron chi connectivity index (χ1n) is 13.6. The number of hydrogen-bond donors (Lipinski definition) is 4. The van der Waals surface area contributed by atoms with Crippen LogP contribution in [-0.2, 0) is 23.8 Å². The first-order chi connectivity index (χ1) is 17.8. The summed E-state index contributed by atoms with van der Waals surface area (Å²) in [4.78, 5) is 26.5. The minimum absolute atomic E-state index is 0.00521. The van der Waals surface area contributed by atoms with E-state index in [4.69, 9.17) is 18.6 Å². The Morgan fingerprint density at radius 1 is 1.05 bits per heavy atom. The van der Waals surface area contributed by atoms with E-state index in [1.54, 1.807) is 19.5 Å². The molecule has 2 saturated heterocycles. The number of fused-ring (bicyclic) bond motifs is 1. The molecule has 3 heterocycles. The largest absolute Gasteiger partial charge is 0.472 e. The highest BCUT2D eigenvalue weighted by atomic mass is 16.6. The lowest BCUT2D eigenvalue weighted by Crippen LogP contribution is -2.82. The van der Waals surface area contributed by atoms with Gasteiger partial charge in [0.25, 0.3) is 0 Å². The summed E-state index contributed by atoms with van der Waals surface area (Å²) in [6, 6.07) is 1.84. The van der Waals surface area contributed by atoms with E-state index < -0.39 is 81.6 Å². The summed E-state index contributed by atoms with van der Waals surface area (Å²) in [5.41, 5.74) is -4.74. The van der Waals surface area contributed by atoms with Gasteiger partial charge in [-0.1, -0.05) is 20.8 Å². The van der Waals surface area contributed by atoms with E-state index in [9.17, 15) is 30.0 Å². The van der Waals surface area contributed by atoms with Crippen LogP contribution in [0.5, 0.6) is 0 Å². The molecule has 10 heteroatoms. The van der Waals surface area contributed by atoms with Crippen LogP contribution in [0.4, 0.5) is 0 Å². The first-order valence-corrected chi connectivity index (χ1v) is 13.6. The fourth-order valence-corrected chi connectivity index (χ4v) is 10.7. The van der Waals surface area contributed by atoms with E-state index in [0.29, 0.717) is 6.42 Å². The lowest BCUT2D eigenvalue weighted by Gasteiger charge is -2.72. The van der Waals surface area contributed by atoms with Gasteiger partial charge in [-0.3, -0.25) is 9.59 Å². The number of esters is 1. The molecule has 6 aliphatic rings. The summed E-state index contributed by atoms with van der Waals surface area (Å²) in [6.07, 6.45) is -2.21. The van der Waals surface area contributed by atoms with Crippen molar-refractivity contribution in [3.05, 3.63) is 24.2 Å². The lowest BCUT2D eigenvalue weighted by molar-refractivity contribution is -0.373. The third-order valence-electron chi connectivity index (χ3n) is 12.3. The van der Waals surface area contributed by atoms with Gasteiger partial charge < -0.3 is 39.1 Å². The zero-order valence-corrected chi connectivity index (χ0v) is 22.0. The number of rotatable bonds is 2. The molecule has 2 aliphatic heterocycles. The number of hydrogen-bond acceptors (Lipinski definition) is 10. The van der Waals surface area contributed by atoms with Crippen LogP contribution in [-0.4, -0.2) is 81.2 Å². The van der Waals surface area contributed by atoms with E-state index in [-0.39, 0.29) is 31.5 Å². The predicted octanol–water partition coefficient (Wildman–Crippen LogP) is 0.895. The van der Waals surface area contributed by atoms with Crippen molar-refractivity contribution in [1.82, 2.24) is 0 Å². The predicted molar refractivity (Wildman–Crippen MR) is 127 cm³/mol. The van der Waals surface area contributed by atoms with Crippen LogP contribution in [0, 0.1) is 33.5 Å². The van der Waals surface area contributed by atoms with Gasteiger partial charge in [-0.25, -0.2) is 0 Å². The van der Waals surface area contributed by atoms with Crippen molar-refractivity contribution in [3.8, 4) is 0 Å². The third kappa shape index (κ3) is 2.36. The monoisotopic (exact) mass is 532 g/mol. The molecule has 1 unspecified atom stereocenters. The SMILES string of the molecule is CC(=O)O[C@@H]1C[C@H](O)[C@@]23COC(O)[C@@]1(C)[C@@H]2C[C@@H](O)[C@]1(C)[C@@H]3C(=O)[C@H](O)[C@]2(C)[C@@H](c3ccoc3)C[C@H]3O[C@]321. The molecule has 1 spiro atoms. The fourth-order valence-electron chi connectivity index (χ4n) is 10.7. The maximum absolute atomic E-state index is 14.5. The standard InChI is InChI=1S/C28H36O10/c1-12(29)37-18-9-17(31)27-11-36-23(34)24(18,2)15(27)8-16(30)26(4)21(27)20(32)22(33)25(3)14(13-5-6-35-10-13)7-19-28(25,26)38-19/h5-6,10,14-19,21-23,30-31,33-34H,7-9,11H2,1-4H3/t14-,15+,16-,17+,18-,19-,21+,22+,23?,24+,25+,26-,27-,28-/m1/s1. The van der Waals surface area contributed by atoms with Crippen LogP contribution in [0.1, 0.15) is 58.4 Å². The molecule has 4 aliphatic carbocycles. The van der Waals surface area contributed by atoms with Crippen LogP contribution < -0.4 is 0 Å². The van der Waals surface area contributed by atoms with Crippen LogP contribution >= 0.6 is 0 Å². The van der Waals surface area contributed by atoms with Gasteiger partial charge in [0.1, 0.15) is 17.8 Å². The Labute approximate surface area is 220 Å². The molecule has 0 amide bonds. The van der Waals surface area contributed by atoms with Gasteiger partial charge in [0, 0.05) is 41.4 Å². The van der Waals surface area contributed by atoms with Gasteiger partial charge in [0.15, 0.2) is 12.1 Å². The number of Topliss-reactive ketones (excluding diaryl/α,β-unsaturated/α-hetero) is 1. The molecule has 2 bridgehead atoms. The molecular formula is C28H36O10. The number of ketones is 1. The highest BCUT2D eigenvalue weighted by molar-refractivity contribution is 5.91. The van der Waals surface area contributed by atoms with E-state index in [0.717, 1.165) is 5.56 Å². The molecule has 4 N–H and O–H groups in total. The zero-order chi connectivity index (χ0) is 27.2. The normalized spacial score (nSPS) is 58.3. The van der Waals surface area contributed by atoms with Gasteiger partial charge in [-0.05, 0) is 30.4 Å². The number of carbonyl (C=O) groups excluding carboxylic acids is 2. The Kier molecular flexibility index (Phi) is 4.82. The minimum Gasteiger partial charge on any atom is -0.472 e. The summed E-state index contributed by atoms with van der Waals surface area (Å²) in [6.45, 7) is 6.61. The summed E-state index contributed by atoms with van der Waals surface area (Å²) in [5.74, 6) is -2.88. The molecule has 7 rings (SSSR count). The maximum atomic E-state index is 14.5. The molecule has 0 aromatic carbocycles. The summed E-state index contributed by atoms with van der Waals surface area (Å²) < 4.78 is 23.3. The number of epoxide rings is 1. The zero-order valence-electron chi connectivity index (χ0n) is 22.0. The first kappa shape index (κ1) is 25.2. The van der Waals surface area contributed by atoms with Gasteiger partial charge in [-0.15, -0.1) is 0 Å². The van der Waals surface area contributed by atoms with Gasteiger partial charge >= 0.3 is 5.97 Å². The van der Waals surface area contributed by atoms with Gasteiger partial charge in [0.05, 0.1) is 42.9 Å². The van der Waals surface area contributed by atoms with E-state index in [1.807, 2.05) is 19.9 Å². The summed E-state index contributed by atoms with van der Waals surface area (Å²) in [7, 11) is 0. The molecular weight excluding hydrogens is 496 g/mol. The number of aliphatic hydroxyl groups is 4. The number of aliphatic hydroxyl groups excluding tert-OH is 4. The third-order valence-corrected chi connectivity index (χ3v) is 12.3. The molecule has 14 atom stereocenters. The topological polar surface area (TPSA) is 159 Å². The molecule has 38 heavy (non-hydrogen) atoms. The van der Waals surface area contributed by atoms with Gasteiger partial charge in [0.2, 0.25) is 0 Å². The smallest absolute Gasteiger partial charge is 0.302 e. The maximum Gasteiger partial charge on any atom is 0.302 e. The average molecular weight is 533 g/mol. The van der Waals surface area contributed by atoms with Crippen LogP contribution in [0.15, 0.2) is 23.0 Å². The van der Waals surface area contributed by atoms with Crippen molar-refractivity contribution in [3.63, 3.8) is 0 Å². The Hall–Kier alpha value is -1.82. The Balaban J connectivity index is 1.41. The Morgan fingerprint density at radius 3 is 2.45 bits per heavy atom. The molecule has 6 fully saturated rings. The number of ether oxygens (including phenoxy) is 3.